The first-order valence-corrected chi connectivity index (χ1v) is 6.30. The number of ether oxygens (including phenoxy) is 1. The molecule has 1 atom stereocenters. The van der Waals surface area contributed by atoms with Crippen molar-refractivity contribution in [2.75, 3.05) is 13.7 Å². The summed E-state index contributed by atoms with van der Waals surface area (Å²) >= 11 is 0. The number of methoxy groups -OCH3 is 1. The second-order valence-corrected chi connectivity index (χ2v) is 4.82. The van der Waals surface area contributed by atoms with Crippen LogP contribution in [-0.4, -0.2) is 29.7 Å². The molecule has 0 amide bonds. The highest BCUT2D eigenvalue weighted by molar-refractivity contribution is 5.41. The molecule has 0 saturated carbocycles. The quantitative estimate of drug-likeness (QED) is 0.874. The van der Waals surface area contributed by atoms with Crippen LogP contribution in [0, 0.1) is 0 Å². The summed E-state index contributed by atoms with van der Waals surface area (Å²) in [6.07, 6.45) is 3.90. The van der Waals surface area contributed by atoms with Crippen molar-refractivity contribution in [1.29, 1.82) is 0 Å². The molecule has 1 aliphatic heterocycles. The van der Waals surface area contributed by atoms with Crippen LogP contribution in [0.3, 0.4) is 0 Å². The lowest BCUT2D eigenvalue weighted by molar-refractivity contribution is 0.152. The van der Waals surface area contributed by atoms with Crippen LogP contribution in [0.1, 0.15) is 31.7 Å². The minimum absolute atomic E-state index is 0.231. The van der Waals surface area contributed by atoms with Gasteiger partial charge in [0, 0.05) is 12.6 Å². The van der Waals surface area contributed by atoms with Gasteiger partial charge < -0.3 is 9.84 Å². The van der Waals surface area contributed by atoms with Crippen molar-refractivity contribution >= 4 is 0 Å². The van der Waals surface area contributed by atoms with E-state index in [1.807, 2.05) is 12.1 Å². The maximum absolute atomic E-state index is 9.74. The number of phenolic OH excluding ortho intramolecular Hbond substituents is 1. The van der Waals surface area contributed by atoms with Gasteiger partial charge in [-0.2, -0.15) is 0 Å². The van der Waals surface area contributed by atoms with E-state index in [9.17, 15) is 5.11 Å². The fraction of sp³-hybridized carbons (Fsp3) is 0.571. The Bertz CT molecular complexity index is 378. The summed E-state index contributed by atoms with van der Waals surface area (Å²) in [4.78, 5) is 2.48. The summed E-state index contributed by atoms with van der Waals surface area (Å²) in [7, 11) is 1.57. The van der Waals surface area contributed by atoms with Crippen molar-refractivity contribution in [1.82, 2.24) is 4.90 Å². The molecule has 3 heteroatoms. The Morgan fingerprint density at radius 2 is 2.24 bits per heavy atom. The molecule has 1 heterocycles. The topological polar surface area (TPSA) is 32.7 Å². The molecular weight excluding hydrogens is 214 g/mol. The highest BCUT2D eigenvalue weighted by atomic mass is 16.5. The SMILES string of the molecule is COc1ccc(CN2CCCCC2C)cc1O. The van der Waals surface area contributed by atoms with Gasteiger partial charge in [-0.1, -0.05) is 12.5 Å². The third kappa shape index (κ3) is 2.91. The second-order valence-electron chi connectivity index (χ2n) is 4.82. The van der Waals surface area contributed by atoms with E-state index < -0.39 is 0 Å². The zero-order chi connectivity index (χ0) is 12.3. The van der Waals surface area contributed by atoms with E-state index in [-0.39, 0.29) is 5.75 Å². The lowest BCUT2D eigenvalue weighted by Gasteiger charge is -2.33. The molecule has 0 spiro atoms. The number of benzene rings is 1. The lowest BCUT2D eigenvalue weighted by atomic mass is 10.0. The van der Waals surface area contributed by atoms with Gasteiger partial charge in [0.1, 0.15) is 0 Å². The second kappa shape index (κ2) is 5.41. The fourth-order valence-corrected chi connectivity index (χ4v) is 2.46. The first kappa shape index (κ1) is 12.2. The number of nitrogens with zero attached hydrogens (tertiary/aromatic N) is 1. The minimum atomic E-state index is 0.231. The van der Waals surface area contributed by atoms with Gasteiger partial charge in [0.2, 0.25) is 0 Å². The van der Waals surface area contributed by atoms with Crippen LogP contribution in [-0.2, 0) is 6.54 Å². The Labute approximate surface area is 103 Å². The Morgan fingerprint density at radius 1 is 1.41 bits per heavy atom. The first-order chi connectivity index (χ1) is 8.20. The number of likely N-dealkylation sites (tertiary alicyclic amines) is 1. The number of phenols is 1. The van der Waals surface area contributed by atoms with E-state index in [1.54, 1.807) is 13.2 Å². The molecule has 0 aliphatic carbocycles. The molecular formula is C14H21NO2. The molecule has 1 saturated heterocycles. The maximum Gasteiger partial charge on any atom is 0.160 e. The normalized spacial score (nSPS) is 21.4. The first-order valence-electron chi connectivity index (χ1n) is 6.30. The van der Waals surface area contributed by atoms with E-state index in [0.29, 0.717) is 11.8 Å². The van der Waals surface area contributed by atoms with Gasteiger partial charge in [0.15, 0.2) is 11.5 Å². The number of rotatable bonds is 3. The van der Waals surface area contributed by atoms with Crippen LogP contribution in [0.2, 0.25) is 0 Å². The minimum Gasteiger partial charge on any atom is -0.504 e. The van der Waals surface area contributed by atoms with E-state index >= 15 is 0 Å². The average molecular weight is 235 g/mol. The smallest absolute Gasteiger partial charge is 0.160 e. The van der Waals surface area contributed by atoms with Crippen LogP contribution in [0.15, 0.2) is 18.2 Å². The summed E-state index contributed by atoms with van der Waals surface area (Å²) in [5, 5.41) is 9.74. The third-order valence-corrected chi connectivity index (χ3v) is 3.57. The zero-order valence-corrected chi connectivity index (χ0v) is 10.6. The Balaban J connectivity index is 2.05. The Morgan fingerprint density at radius 3 is 2.88 bits per heavy atom. The van der Waals surface area contributed by atoms with Crippen LogP contribution in [0.4, 0.5) is 0 Å². The molecule has 0 aromatic heterocycles. The van der Waals surface area contributed by atoms with Crippen molar-refractivity contribution in [3.05, 3.63) is 23.8 Å². The summed E-state index contributed by atoms with van der Waals surface area (Å²) in [5.74, 6) is 0.773. The summed E-state index contributed by atoms with van der Waals surface area (Å²) < 4.78 is 5.05. The van der Waals surface area contributed by atoms with Crippen molar-refractivity contribution in [2.45, 2.75) is 38.8 Å². The monoisotopic (exact) mass is 235 g/mol. The number of hydrogen-bond acceptors (Lipinski definition) is 3. The van der Waals surface area contributed by atoms with Crippen LogP contribution in [0.25, 0.3) is 0 Å². The lowest BCUT2D eigenvalue weighted by Crippen LogP contribution is -2.36. The molecule has 17 heavy (non-hydrogen) atoms. The molecule has 1 aromatic carbocycles. The predicted molar refractivity (Wildman–Crippen MR) is 68.4 cm³/mol. The van der Waals surface area contributed by atoms with Crippen molar-refractivity contribution in [3.63, 3.8) is 0 Å². The van der Waals surface area contributed by atoms with Gasteiger partial charge in [0.05, 0.1) is 7.11 Å². The van der Waals surface area contributed by atoms with Crippen LogP contribution >= 0.6 is 0 Å². The average Bonchev–Trinajstić information content (AvgIpc) is 2.32. The van der Waals surface area contributed by atoms with Crippen LogP contribution < -0.4 is 4.74 Å². The van der Waals surface area contributed by atoms with Crippen LogP contribution in [0.5, 0.6) is 11.5 Å². The molecule has 1 N–H and O–H groups in total. The summed E-state index contributed by atoms with van der Waals surface area (Å²) in [6, 6.07) is 6.31. The molecule has 1 aliphatic rings. The van der Waals surface area contributed by atoms with Crippen molar-refractivity contribution in [3.8, 4) is 11.5 Å². The highest BCUT2D eigenvalue weighted by Crippen LogP contribution is 2.27. The number of hydrogen-bond donors (Lipinski definition) is 1. The van der Waals surface area contributed by atoms with E-state index in [4.69, 9.17) is 4.74 Å². The summed E-state index contributed by atoms with van der Waals surface area (Å²) in [5.41, 5.74) is 1.15. The standard InChI is InChI=1S/C14H21NO2/c1-11-5-3-4-8-15(11)10-12-6-7-14(17-2)13(16)9-12/h6-7,9,11,16H,3-5,8,10H2,1-2H3. The third-order valence-electron chi connectivity index (χ3n) is 3.57. The van der Waals surface area contributed by atoms with Gasteiger partial charge in [0.25, 0.3) is 0 Å². The largest absolute Gasteiger partial charge is 0.504 e. The van der Waals surface area contributed by atoms with E-state index in [0.717, 1.165) is 18.7 Å². The number of aromatic hydroxyl groups is 1. The number of piperidine rings is 1. The van der Waals surface area contributed by atoms with Gasteiger partial charge in [-0.15, -0.1) is 0 Å². The highest BCUT2D eigenvalue weighted by Gasteiger charge is 2.18. The molecule has 1 aromatic rings. The van der Waals surface area contributed by atoms with E-state index in [1.165, 1.54) is 19.3 Å². The molecule has 94 valence electrons. The van der Waals surface area contributed by atoms with E-state index in [2.05, 4.69) is 11.8 Å². The summed E-state index contributed by atoms with van der Waals surface area (Å²) in [6.45, 7) is 4.36. The molecule has 1 fully saturated rings. The van der Waals surface area contributed by atoms with Gasteiger partial charge in [-0.3, -0.25) is 4.90 Å². The van der Waals surface area contributed by atoms with Crippen molar-refractivity contribution in [2.24, 2.45) is 0 Å². The Hall–Kier alpha value is -1.22. The molecule has 0 radical (unpaired) electrons. The van der Waals surface area contributed by atoms with Gasteiger partial charge in [-0.25, -0.2) is 0 Å². The van der Waals surface area contributed by atoms with Crippen molar-refractivity contribution < 1.29 is 9.84 Å². The molecule has 2 rings (SSSR count). The maximum atomic E-state index is 9.74. The molecule has 3 nitrogen and oxygen atoms in total. The Kier molecular flexibility index (Phi) is 3.89. The predicted octanol–water partition coefficient (Wildman–Crippen LogP) is 2.78. The molecule has 1 unspecified atom stereocenters. The molecule has 0 bridgehead atoms. The fourth-order valence-electron chi connectivity index (χ4n) is 2.46. The van der Waals surface area contributed by atoms with Gasteiger partial charge in [-0.05, 0) is 44.0 Å². The van der Waals surface area contributed by atoms with Gasteiger partial charge >= 0.3 is 0 Å². The zero-order valence-electron chi connectivity index (χ0n) is 10.6.